The summed E-state index contributed by atoms with van der Waals surface area (Å²) in [5, 5.41) is 17.2. The number of amides is 4. The lowest BCUT2D eigenvalue weighted by molar-refractivity contribution is -0.143. The first-order valence-corrected chi connectivity index (χ1v) is 7.65. The van der Waals surface area contributed by atoms with Crippen LogP contribution in [-0.2, 0) is 9.59 Å². The molecule has 2 fully saturated rings. The van der Waals surface area contributed by atoms with E-state index >= 15 is 0 Å². The lowest BCUT2D eigenvalue weighted by atomic mass is 9.84. The Balaban J connectivity index is 2.02. The van der Waals surface area contributed by atoms with E-state index in [1.807, 2.05) is 0 Å². The molecular formula is C13H24N6O3. The molecule has 0 atom stereocenters. The van der Waals surface area contributed by atoms with Crippen molar-refractivity contribution in [2.24, 2.45) is 5.41 Å². The van der Waals surface area contributed by atoms with Crippen LogP contribution in [0.2, 0.25) is 0 Å². The number of barbiturate groups is 1. The standard InChI is InChI=1S/C13H24N6O3/c20-10-13(11(21)19-12(22)18-10)8-16-6-4-14-2-1-3-15-5-7-17-9-13/h14-17H,1-9H2,(H2,18,19,20,21,22). The second-order valence-electron chi connectivity index (χ2n) is 5.53. The topological polar surface area (TPSA) is 123 Å². The van der Waals surface area contributed by atoms with Crippen molar-refractivity contribution in [2.45, 2.75) is 6.42 Å². The van der Waals surface area contributed by atoms with Crippen molar-refractivity contribution in [3.05, 3.63) is 0 Å². The molecule has 0 aromatic carbocycles. The summed E-state index contributed by atoms with van der Waals surface area (Å²) in [4.78, 5) is 35.7. The SMILES string of the molecule is O=C1NC(=O)C2(CNCCNCCCNCCNC2)C(=O)N1. The molecule has 0 radical (unpaired) electrons. The highest BCUT2D eigenvalue weighted by Gasteiger charge is 2.49. The highest BCUT2D eigenvalue weighted by atomic mass is 16.2. The molecule has 0 unspecified atom stereocenters. The number of hydrogen-bond acceptors (Lipinski definition) is 7. The van der Waals surface area contributed by atoms with Gasteiger partial charge in [-0.15, -0.1) is 0 Å². The zero-order valence-electron chi connectivity index (χ0n) is 12.6. The van der Waals surface area contributed by atoms with E-state index in [0.29, 0.717) is 13.1 Å². The maximum atomic E-state index is 12.2. The van der Waals surface area contributed by atoms with Crippen LogP contribution in [0.25, 0.3) is 0 Å². The Morgan fingerprint density at radius 1 is 0.636 bits per heavy atom. The van der Waals surface area contributed by atoms with E-state index in [4.69, 9.17) is 0 Å². The van der Waals surface area contributed by atoms with Crippen molar-refractivity contribution in [1.29, 1.82) is 0 Å². The first-order chi connectivity index (χ1) is 10.6. The minimum Gasteiger partial charge on any atom is -0.315 e. The van der Waals surface area contributed by atoms with E-state index in [9.17, 15) is 14.4 Å². The zero-order valence-corrected chi connectivity index (χ0v) is 12.6. The summed E-state index contributed by atoms with van der Waals surface area (Å²) in [6.07, 6.45) is 1.05. The number of imide groups is 2. The molecule has 2 saturated heterocycles. The predicted molar refractivity (Wildman–Crippen MR) is 80.2 cm³/mol. The van der Waals surface area contributed by atoms with Crippen LogP contribution in [0, 0.1) is 5.41 Å². The second-order valence-corrected chi connectivity index (χ2v) is 5.53. The lowest BCUT2D eigenvalue weighted by Crippen LogP contribution is -2.68. The number of nitrogens with one attached hydrogen (secondary N) is 6. The van der Waals surface area contributed by atoms with Crippen LogP contribution in [-0.4, -0.2) is 70.2 Å². The van der Waals surface area contributed by atoms with Crippen LogP contribution >= 0.6 is 0 Å². The summed E-state index contributed by atoms with van der Waals surface area (Å²) in [6, 6.07) is -0.761. The van der Waals surface area contributed by atoms with Crippen molar-refractivity contribution in [3.63, 3.8) is 0 Å². The molecule has 0 saturated carbocycles. The molecule has 0 aromatic heterocycles. The van der Waals surface area contributed by atoms with Gasteiger partial charge < -0.3 is 21.3 Å². The number of hydrogen-bond donors (Lipinski definition) is 6. The van der Waals surface area contributed by atoms with Gasteiger partial charge in [-0.3, -0.25) is 20.2 Å². The summed E-state index contributed by atoms with van der Waals surface area (Å²) in [6.45, 7) is 5.00. The van der Waals surface area contributed by atoms with Crippen molar-refractivity contribution >= 4 is 17.8 Å². The van der Waals surface area contributed by atoms with Gasteiger partial charge in [0.1, 0.15) is 0 Å². The van der Waals surface area contributed by atoms with E-state index in [-0.39, 0.29) is 13.1 Å². The van der Waals surface area contributed by atoms with Gasteiger partial charge >= 0.3 is 6.03 Å². The number of rotatable bonds is 0. The van der Waals surface area contributed by atoms with E-state index in [2.05, 4.69) is 31.9 Å². The van der Waals surface area contributed by atoms with E-state index in [0.717, 1.165) is 32.6 Å². The van der Waals surface area contributed by atoms with Crippen LogP contribution in [0.5, 0.6) is 0 Å². The Kier molecular flexibility index (Phi) is 6.25. The molecule has 124 valence electrons. The average molecular weight is 312 g/mol. The average Bonchev–Trinajstić information content (AvgIpc) is 2.48. The quantitative estimate of drug-likeness (QED) is 0.265. The van der Waals surface area contributed by atoms with E-state index in [1.165, 1.54) is 0 Å². The molecule has 2 aliphatic rings. The molecule has 6 N–H and O–H groups in total. The molecule has 0 aromatic rings. The molecule has 2 aliphatic heterocycles. The third-order valence-corrected chi connectivity index (χ3v) is 3.84. The van der Waals surface area contributed by atoms with Gasteiger partial charge in [0, 0.05) is 39.3 Å². The minimum absolute atomic E-state index is 0.181. The summed E-state index contributed by atoms with van der Waals surface area (Å²) in [7, 11) is 0. The normalized spacial score (nSPS) is 25.2. The molecule has 0 aliphatic carbocycles. The predicted octanol–water partition coefficient (Wildman–Crippen LogP) is -2.90. The Hall–Kier alpha value is -1.55. The molecule has 2 heterocycles. The Bertz CT molecular complexity index is 392. The summed E-state index contributed by atoms with van der Waals surface area (Å²) in [5.41, 5.74) is -1.31. The fourth-order valence-electron chi connectivity index (χ4n) is 2.51. The minimum atomic E-state index is -1.31. The van der Waals surface area contributed by atoms with Crippen LogP contribution in [0.15, 0.2) is 0 Å². The lowest BCUT2D eigenvalue weighted by Gasteiger charge is -2.34. The molecule has 4 amide bonds. The highest BCUT2D eigenvalue weighted by Crippen LogP contribution is 2.19. The van der Waals surface area contributed by atoms with Gasteiger partial charge in [-0.25, -0.2) is 4.79 Å². The van der Waals surface area contributed by atoms with Crippen molar-refractivity contribution in [1.82, 2.24) is 31.9 Å². The monoisotopic (exact) mass is 312 g/mol. The Labute approximate surface area is 129 Å². The maximum absolute atomic E-state index is 12.2. The van der Waals surface area contributed by atoms with Crippen LogP contribution in [0.3, 0.4) is 0 Å². The number of carbonyl (C=O) groups excluding carboxylic acids is 3. The molecule has 1 spiro atoms. The smallest absolute Gasteiger partial charge is 0.315 e. The van der Waals surface area contributed by atoms with Gasteiger partial charge in [-0.2, -0.15) is 0 Å². The fraction of sp³-hybridized carbons (Fsp3) is 0.769. The van der Waals surface area contributed by atoms with Crippen molar-refractivity contribution < 1.29 is 14.4 Å². The largest absolute Gasteiger partial charge is 0.328 e. The maximum Gasteiger partial charge on any atom is 0.328 e. The summed E-state index contributed by atoms with van der Waals surface area (Å²) >= 11 is 0. The second kappa shape index (κ2) is 8.18. The molecule has 9 heteroatoms. The van der Waals surface area contributed by atoms with E-state index in [1.54, 1.807) is 0 Å². The third-order valence-electron chi connectivity index (χ3n) is 3.84. The van der Waals surface area contributed by atoms with Gasteiger partial charge in [0.25, 0.3) is 0 Å². The molecule has 0 bridgehead atoms. The Morgan fingerprint density at radius 2 is 1.09 bits per heavy atom. The zero-order chi connectivity index (χ0) is 15.8. The molecule has 22 heavy (non-hydrogen) atoms. The van der Waals surface area contributed by atoms with Crippen LogP contribution < -0.4 is 31.9 Å². The van der Waals surface area contributed by atoms with Gasteiger partial charge in [-0.1, -0.05) is 0 Å². The third kappa shape index (κ3) is 4.23. The molecule has 9 nitrogen and oxygen atoms in total. The molecule has 2 rings (SSSR count). The van der Waals surface area contributed by atoms with Crippen LogP contribution in [0.4, 0.5) is 4.79 Å². The number of urea groups is 1. The molecular weight excluding hydrogens is 288 g/mol. The Morgan fingerprint density at radius 3 is 1.59 bits per heavy atom. The summed E-state index contributed by atoms with van der Waals surface area (Å²) in [5.74, 6) is -1.12. The van der Waals surface area contributed by atoms with Gasteiger partial charge in [0.15, 0.2) is 5.41 Å². The van der Waals surface area contributed by atoms with Gasteiger partial charge in [0.2, 0.25) is 11.8 Å². The van der Waals surface area contributed by atoms with Crippen LogP contribution in [0.1, 0.15) is 6.42 Å². The highest BCUT2D eigenvalue weighted by molar-refractivity contribution is 6.19. The number of carbonyl (C=O) groups is 3. The first kappa shape index (κ1) is 16.8. The summed E-state index contributed by atoms with van der Waals surface area (Å²) < 4.78 is 0. The van der Waals surface area contributed by atoms with Crippen molar-refractivity contribution in [3.8, 4) is 0 Å². The van der Waals surface area contributed by atoms with Gasteiger partial charge in [-0.05, 0) is 19.5 Å². The van der Waals surface area contributed by atoms with Crippen molar-refractivity contribution in [2.75, 3.05) is 52.4 Å². The van der Waals surface area contributed by atoms with E-state index < -0.39 is 23.3 Å². The fourth-order valence-corrected chi connectivity index (χ4v) is 2.51. The van der Waals surface area contributed by atoms with Gasteiger partial charge in [0.05, 0.1) is 0 Å². The first-order valence-electron chi connectivity index (χ1n) is 7.65.